The number of ether oxygens (including phenoxy) is 2. The third kappa shape index (κ3) is 7.31. The Labute approximate surface area is 290 Å². The number of carbonyl (C=O) groups is 3. The summed E-state index contributed by atoms with van der Waals surface area (Å²) in [5.74, 6) is 0.807. The summed E-state index contributed by atoms with van der Waals surface area (Å²) in [6, 6.07) is 23.3. The number of rotatable bonds is 10. The molecule has 1 fully saturated rings. The van der Waals surface area contributed by atoms with E-state index in [2.05, 4.69) is 27.2 Å². The fourth-order valence-corrected chi connectivity index (χ4v) is 5.89. The number of aryl methyl sites for hydroxylation is 1. The van der Waals surface area contributed by atoms with Crippen molar-refractivity contribution in [3.63, 3.8) is 0 Å². The Morgan fingerprint density at radius 2 is 1.68 bits per heavy atom. The molecule has 4 N–H and O–H groups in total. The molecule has 258 valence electrons. The zero-order valence-corrected chi connectivity index (χ0v) is 28.7. The first-order valence-corrected chi connectivity index (χ1v) is 16.4. The largest absolute Gasteiger partial charge is 0.495 e. The standard InChI is InChI=1S/C38H41N7O5/c1-24-8-15-31(33(20-24)50-23-25-9-11-26(12-10-25)38(48)45-18-16-43(2)17-19-45)44(3)37(47)27-13-14-29(32(21-27)49-4)41-36(46)28-6-5-7-30-35(28)42-34(22-39)40-30/h5-15,20-21H,16-19,22-23,39H2,1-4H3,(H,40,42)(H,41,46). The summed E-state index contributed by atoms with van der Waals surface area (Å²) in [5, 5.41) is 2.88. The van der Waals surface area contributed by atoms with Gasteiger partial charge >= 0.3 is 0 Å². The van der Waals surface area contributed by atoms with E-state index in [-0.39, 0.29) is 30.9 Å². The number of aromatic nitrogens is 2. The van der Waals surface area contributed by atoms with E-state index in [4.69, 9.17) is 15.2 Å². The van der Waals surface area contributed by atoms with Crippen LogP contribution in [0.5, 0.6) is 11.5 Å². The van der Waals surface area contributed by atoms with E-state index in [1.807, 2.05) is 60.4 Å². The zero-order chi connectivity index (χ0) is 35.4. The smallest absolute Gasteiger partial charge is 0.258 e. The van der Waals surface area contributed by atoms with Crippen LogP contribution in [0.25, 0.3) is 11.0 Å². The van der Waals surface area contributed by atoms with Crippen molar-refractivity contribution in [1.82, 2.24) is 19.8 Å². The molecule has 0 saturated carbocycles. The molecule has 0 unspecified atom stereocenters. The number of H-pyrrole nitrogens is 1. The molecule has 12 nitrogen and oxygen atoms in total. The second-order valence-electron chi connectivity index (χ2n) is 12.4. The van der Waals surface area contributed by atoms with Crippen LogP contribution in [0.4, 0.5) is 11.4 Å². The number of nitrogens with zero attached hydrogens (tertiary/aromatic N) is 4. The molecule has 2 heterocycles. The van der Waals surface area contributed by atoms with Gasteiger partial charge in [-0.3, -0.25) is 14.4 Å². The molecule has 4 aromatic carbocycles. The lowest BCUT2D eigenvalue weighted by Gasteiger charge is -2.32. The second-order valence-corrected chi connectivity index (χ2v) is 12.4. The van der Waals surface area contributed by atoms with Gasteiger partial charge in [0.05, 0.1) is 36.1 Å². The highest BCUT2D eigenvalue weighted by Gasteiger charge is 2.22. The highest BCUT2D eigenvalue weighted by molar-refractivity contribution is 6.12. The van der Waals surface area contributed by atoms with Gasteiger partial charge in [0.25, 0.3) is 17.7 Å². The van der Waals surface area contributed by atoms with E-state index in [1.54, 1.807) is 37.4 Å². The van der Waals surface area contributed by atoms with Gasteiger partial charge in [0, 0.05) is 44.4 Å². The highest BCUT2D eigenvalue weighted by atomic mass is 16.5. The molecule has 1 saturated heterocycles. The molecular weight excluding hydrogens is 634 g/mol. The minimum absolute atomic E-state index is 0.0341. The van der Waals surface area contributed by atoms with Crippen LogP contribution in [0.2, 0.25) is 0 Å². The molecule has 12 heteroatoms. The van der Waals surface area contributed by atoms with Crippen LogP contribution in [0.3, 0.4) is 0 Å². The average molecular weight is 676 g/mol. The van der Waals surface area contributed by atoms with Crippen LogP contribution in [0.1, 0.15) is 48.0 Å². The second kappa shape index (κ2) is 14.8. The Balaban J connectivity index is 1.14. The van der Waals surface area contributed by atoms with E-state index in [0.717, 1.165) is 37.3 Å². The Morgan fingerprint density at radius 3 is 2.40 bits per heavy atom. The normalized spacial score (nSPS) is 13.3. The van der Waals surface area contributed by atoms with Gasteiger partial charge in [0.1, 0.15) is 29.4 Å². The highest BCUT2D eigenvalue weighted by Crippen LogP contribution is 2.33. The van der Waals surface area contributed by atoms with Crippen LogP contribution < -0.4 is 25.4 Å². The van der Waals surface area contributed by atoms with E-state index < -0.39 is 0 Å². The van der Waals surface area contributed by atoms with Crippen molar-refractivity contribution in [2.75, 3.05) is 57.6 Å². The van der Waals surface area contributed by atoms with Crippen molar-refractivity contribution in [2.45, 2.75) is 20.1 Å². The molecular formula is C38H41N7O5. The van der Waals surface area contributed by atoms with E-state index in [1.165, 1.54) is 12.0 Å². The SMILES string of the molecule is COc1cc(C(=O)N(C)c2ccc(C)cc2OCc2ccc(C(=O)N3CCN(C)CC3)cc2)ccc1NC(=O)c1cccc2[nH]c(CN)nc12. The van der Waals surface area contributed by atoms with Crippen molar-refractivity contribution < 1.29 is 23.9 Å². The number of amides is 3. The third-order valence-electron chi connectivity index (χ3n) is 8.86. The summed E-state index contributed by atoms with van der Waals surface area (Å²) in [4.78, 5) is 53.2. The first kappa shape index (κ1) is 34.2. The summed E-state index contributed by atoms with van der Waals surface area (Å²) < 4.78 is 11.8. The zero-order valence-electron chi connectivity index (χ0n) is 28.7. The summed E-state index contributed by atoms with van der Waals surface area (Å²) in [6.45, 7) is 5.60. The fourth-order valence-electron chi connectivity index (χ4n) is 5.89. The molecule has 0 atom stereocenters. The number of benzene rings is 4. The van der Waals surface area contributed by atoms with Gasteiger partial charge in [0.15, 0.2) is 0 Å². The number of anilines is 2. The molecule has 0 radical (unpaired) electrons. The minimum atomic E-state index is -0.377. The Bertz CT molecular complexity index is 2030. The van der Waals surface area contributed by atoms with Crippen molar-refractivity contribution in [1.29, 1.82) is 0 Å². The number of hydrogen-bond donors (Lipinski definition) is 3. The lowest BCUT2D eigenvalue weighted by molar-refractivity contribution is 0.0663. The molecule has 0 bridgehead atoms. The number of likely N-dealkylation sites (N-methyl/N-ethyl adjacent to an activating group) is 1. The number of hydrogen-bond acceptors (Lipinski definition) is 8. The summed E-state index contributed by atoms with van der Waals surface area (Å²) in [6.07, 6.45) is 0. The molecule has 1 aliphatic heterocycles. The van der Waals surface area contributed by atoms with Gasteiger partial charge in [-0.15, -0.1) is 0 Å². The molecule has 6 rings (SSSR count). The van der Waals surface area contributed by atoms with Crippen molar-refractivity contribution in [3.05, 3.63) is 113 Å². The lowest BCUT2D eigenvalue weighted by atomic mass is 10.1. The van der Waals surface area contributed by atoms with Gasteiger partial charge in [0.2, 0.25) is 0 Å². The first-order valence-electron chi connectivity index (χ1n) is 16.4. The van der Waals surface area contributed by atoms with Gasteiger partial charge in [-0.2, -0.15) is 0 Å². The number of para-hydroxylation sites is 1. The molecule has 1 aromatic heterocycles. The minimum Gasteiger partial charge on any atom is -0.495 e. The first-order chi connectivity index (χ1) is 24.1. The summed E-state index contributed by atoms with van der Waals surface area (Å²) >= 11 is 0. The van der Waals surface area contributed by atoms with Gasteiger partial charge in [-0.1, -0.05) is 24.3 Å². The van der Waals surface area contributed by atoms with Crippen LogP contribution >= 0.6 is 0 Å². The number of methoxy groups -OCH3 is 1. The average Bonchev–Trinajstić information content (AvgIpc) is 3.58. The Kier molecular flexibility index (Phi) is 10.1. The molecule has 0 spiro atoms. The van der Waals surface area contributed by atoms with Crippen LogP contribution in [0, 0.1) is 6.92 Å². The summed E-state index contributed by atoms with van der Waals surface area (Å²) in [7, 11) is 5.22. The lowest BCUT2D eigenvalue weighted by Crippen LogP contribution is -2.47. The van der Waals surface area contributed by atoms with Crippen LogP contribution in [-0.2, 0) is 13.2 Å². The Morgan fingerprint density at radius 1 is 0.940 bits per heavy atom. The monoisotopic (exact) mass is 675 g/mol. The molecule has 50 heavy (non-hydrogen) atoms. The van der Waals surface area contributed by atoms with Crippen LogP contribution in [0.15, 0.2) is 78.9 Å². The quantitative estimate of drug-likeness (QED) is 0.191. The Hall–Kier alpha value is -5.72. The van der Waals surface area contributed by atoms with E-state index >= 15 is 0 Å². The van der Waals surface area contributed by atoms with Gasteiger partial charge < -0.3 is 40.2 Å². The fraction of sp³-hybridized carbons (Fsp3) is 0.263. The number of aromatic amines is 1. The topological polar surface area (TPSA) is 146 Å². The van der Waals surface area contributed by atoms with Crippen molar-refractivity contribution in [3.8, 4) is 11.5 Å². The predicted molar refractivity (Wildman–Crippen MR) is 193 cm³/mol. The summed E-state index contributed by atoms with van der Waals surface area (Å²) in [5.41, 5.74) is 11.2. The maximum atomic E-state index is 13.8. The number of nitrogens with two attached hydrogens (primary N) is 1. The number of nitrogens with one attached hydrogen (secondary N) is 2. The van der Waals surface area contributed by atoms with E-state index in [9.17, 15) is 14.4 Å². The number of imidazole rings is 1. The molecule has 5 aromatic rings. The van der Waals surface area contributed by atoms with Crippen LogP contribution in [-0.4, -0.2) is 84.9 Å². The van der Waals surface area contributed by atoms with Crippen molar-refractivity contribution >= 4 is 40.1 Å². The molecule has 1 aliphatic rings. The third-order valence-corrected chi connectivity index (χ3v) is 8.86. The van der Waals surface area contributed by atoms with Gasteiger partial charge in [-0.25, -0.2) is 4.98 Å². The number of piperazine rings is 1. The molecule has 0 aliphatic carbocycles. The number of carbonyl (C=O) groups excluding carboxylic acids is 3. The number of fused-ring (bicyclic) bond motifs is 1. The maximum absolute atomic E-state index is 13.8. The van der Waals surface area contributed by atoms with Crippen molar-refractivity contribution in [2.24, 2.45) is 5.73 Å². The molecule has 3 amide bonds. The van der Waals surface area contributed by atoms with E-state index in [0.29, 0.717) is 56.4 Å². The predicted octanol–water partition coefficient (Wildman–Crippen LogP) is 4.83. The maximum Gasteiger partial charge on any atom is 0.258 e. The van der Waals surface area contributed by atoms with Gasteiger partial charge in [-0.05, 0) is 79.7 Å².